The quantitative estimate of drug-likeness (QED) is 0.818. The van der Waals surface area contributed by atoms with Crippen LogP contribution in [0.1, 0.15) is 11.4 Å². The van der Waals surface area contributed by atoms with Gasteiger partial charge in [0.15, 0.2) is 5.82 Å². The molecular weight excluding hydrogens is 206 g/mol. The van der Waals surface area contributed by atoms with Gasteiger partial charge in [0, 0.05) is 19.2 Å². The molecule has 0 amide bonds. The van der Waals surface area contributed by atoms with Gasteiger partial charge >= 0.3 is 0 Å². The summed E-state index contributed by atoms with van der Waals surface area (Å²) in [6.07, 6.45) is 3.55. The molecule has 16 heavy (non-hydrogen) atoms. The number of aromatic nitrogens is 3. The molecule has 80 valence electrons. The summed E-state index contributed by atoms with van der Waals surface area (Å²) in [5, 5.41) is 15.6. The Morgan fingerprint density at radius 2 is 2.38 bits per heavy atom. The van der Waals surface area contributed by atoms with Crippen molar-refractivity contribution >= 4 is 5.82 Å². The smallest absolute Gasteiger partial charge is 0.213 e. The average molecular weight is 215 g/mol. The SMILES string of the molecule is N#Cc1cccnc1NCCc1ncon1. The average Bonchev–Trinajstić information content (AvgIpc) is 2.83. The van der Waals surface area contributed by atoms with Crippen LogP contribution < -0.4 is 5.32 Å². The van der Waals surface area contributed by atoms with Crippen LogP contribution in [0.25, 0.3) is 0 Å². The molecule has 1 N–H and O–H groups in total. The molecule has 0 saturated heterocycles. The van der Waals surface area contributed by atoms with Crippen molar-refractivity contribution in [2.24, 2.45) is 0 Å². The number of hydrogen-bond acceptors (Lipinski definition) is 6. The lowest BCUT2D eigenvalue weighted by Gasteiger charge is -2.04. The second kappa shape index (κ2) is 4.89. The molecule has 0 radical (unpaired) electrons. The van der Waals surface area contributed by atoms with Gasteiger partial charge in [-0.05, 0) is 12.1 Å². The van der Waals surface area contributed by atoms with Gasteiger partial charge in [-0.3, -0.25) is 0 Å². The van der Waals surface area contributed by atoms with Gasteiger partial charge in [0.05, 0.1) is 5.56 Å². The van der Waals surface area contributed by atoms with Gasteiger partial charge in [-0.15, -0.1) is 0 Å². The molecular formula is C10H9N5O. The third-order valence-corrected chi connectivity index (χ3v) is 1.98. The highest BCUT2D eigenvalue weighted by molar-refractivity contribution is 5.51. The Labute approximate surface area is 91.9 Å². The summed E-state index contributed by atoms with van der Waals surface area (Å²) in [5.74, 6) is 1.20. The molecule has 0 spiro atoms. The van der Waals surface area contributed by atoms with E-state index in [1.54, 1.807) is 18.3 Å². The third kappa shape index (κ3) is 2.33. The Kier molecular flexibility index (Phi) is 3.09. The van der Waals surface area contributed by atoms with E-state index in [0.717, 1.165) is 0 Å². The Hall–Kier alpha value is -2.42. The molecule has 6 nitrogen and oxygen atoms in total. The summed E-state index contributed by atoms with van der Waals surface area (Å²) < 4.78 is 4.61. The molecule has 0 bridgehead atoms. The molecule has 2 heterocycles. The van der Waals surface area contributed by atoms with Crippen molar-refractivity contribution in [3.05, 3.63) is 36.1 Å². The minimum atomic E-state index is 0.524. The molecule has 2 rings (SSSR count). The number of pyridine rings is 1. The van der Waals surface area contributed by atoms with Crippen LogP contribution in [0.5, 0.6) is 0 Å². The van der Waals surface area contributed by atoms with Crippen molar-refractivity contribution in [3.63, 3.8) is 0 Å². The van der Waals surface area contributed by atoms with Crippen molar-refractivity contribution < 1.29 is 4.52 Å². The highest BCUT2D eigenvalue weighted by Gasteiger charge is 2.02. The zero-order chi connectivity index (χ0) is 11.2. The largest absolute Gasteiger partial charge is 0.369 e. The Bertz CT molecular complexity index is 488. The Morgan fingerprint density at radius 1 is 1.44 bits per heavy atom. The lowest BCUT2D eigenvalue weighted by molar-refractivity contribution is 0.410. The minimum absolute atomic E-state index is 0.524. The number of nitrogens with zero attached hydrogens (tertiary/aromatic N) is 4. The van der Waals surface area contributed by atoms with Crippen molar-refractivity contribution in [1.29, 1.82) is 5.26 Å². The summed E-state index contributed by atoms with van der Waals surface area (Å²) in [5.41, 5.74) is 0.524. The van der Waals surface area contributed by atoms with Gasteiger partial charge in [-0.2, -0.15) is 10.2 Å². The van der Waals surface area contributed by atoms with Crippen molar-refractivity contribution in [3.8, 4) is 6.07 Å². The van der Waals surface area contributed by atoms with E-state index in [1.165, 1.54) is 6.39 Å². The fraction of sp³-hybridized carbons (Fsp3) is 0.200. The predicted molar refractivity (Wildman–Crippen MR) is 55.4 cm³/mol. The topological polar surface area (TPSA) is 87.6 Å². The first-order chi connectivity index (χ1) is 7.90. The van der Waals surface area contributed by atoms with Crippen LogP contribution >= 0.6 is 0 Å². The monoisotopic (exact) mass is 215 g/mol. The Morgan fingerprint density at radius 3 is 3.12 bits per heavy atom. The maximum absolute atomic E-state index is 8.83. The second-order valence-corrected chi connectivity index (χ2v) is 3.04. The maximum atomic E-state index is 8.83. The second-order valence-electron chi connectivity index (χ2n) is 3.04. The fourth-order valence-corrected chi connectivity index (χ4v) is 1.23. The molecule has 2 aromatic rings. The van der Waals surface area contributed by atoms with Gasteiger partial charge in [-0.25, -0.2) is 4.98 Å². The maximum Gasteiger partial charge on any atom is 0.213 e. The highest BCUT2D eigenvalue weighted by Crippen LogP contribution is 2.09. The molecule has 6 heteroatoms. The van der Waals surface area contributed by atoms with Crippen molar-refractivity contribution in [2.45, 2.75) is 6.42 Å². The molecule has 0 aliphatic heterocycles. The van der Waals surface area contributed by atoms with Gasteiger partial charge in [0.1, 0.15) is 11.9 Å². The summed E-state index contributed by atoms with van der Waals surface area (Å²) in [6.45, 7) is 0.602. The molecule has 0 aliphatic rings. The molecule has 0 atom stereocenters. The van der Waals surface area contributed by atoms with Gasteiger partial charge in [-0.1, -0.05) is 5.16 Å². The zero-order valence-electron chi connectivity index (χ0n) is 8.42. The summed E-state index contributed by atoms with van der Waals surface area (Å²) in [4.78, 5) is 7.96. The van der Waals surface area contributed by atoms with Gasteiger partial charge in [0.25, 0.3) is 0 Å². The van der Waals surface area contributed by atoms with E-state index < -0.39 is 0 Å². The van der Waals surface area contributed by atoms with E-state index in [9.17, 15) is 0 Å². The van der Waals surface area contributed by atoms with E-state index in [-0.39, 0.29) is 0 Å². The van der Waals surface area contributed by atoms with E-state index in [1.807, 2.05) is 0 Å². The predicted octanol–water partition coefficient (Wildman–Crippen LogP) is 0.991. The number of nitriles is 1. The lowest BCUT2D eigenvalue weighted by atomic mass is 10.3. The van der Waals surface area contributed by atoms with Crippen LogP contribution in [0.4, 0.5) is 5.82 Å². The first-order valence-corrected chi connectivity index (χ1v) is 4.74. The van der Waals surface area contributed by atoms with Crippen LogP contribution in [-0.2, 0) is 6.42 Å². The molecule has 0 fully saturated rings. The fourth-order valence-electron chi connectivity index (χ4n) is 1.23. The summed E-state index contributed by atoms with van der Waals surface area (Å²) in [6, 6.07) is 5.50. The molecule has 0 aliphatic carbocycles. The zero-order valence-corrected chi connectivity index (χ0v) is 8.42. The normalized spacial score (nSPS) is 9.69. The van der Waals surface area contributed by atoms with Crippen LogP contribution in [-0.4, -0.2) is 21.7 Å². The van der Waals surface area contributed by atoms with Gasteiger partial charge < -0.3 is 9.84 Å². The first-order valence-electron chi connectivity index (χ1n) is 4.74. The minimum Gasteiger partial charge on any atom is -0.369 e. The van der Waals surface area contributed by atoms with Crippen LogP contribution in [0.15, 0.2) is 29.2 Å². The highest BCUT2D eigenvalue weighted by atomic mass is 16.5. The van der Waals surface area contributed by atoms with Crippen molar-refractivity contribution in [2.75, 3.05) is 11.9 Å². The molecule has 2 aromatic heterocycles. The van der Waals surface area contributed by atoms with Crippen LogP contribution in [0.2, 0.25) is 0 Å². The van der Waals surface area contributed by atoms with E-state index >= 15 is 0 Å². The standard InChI is InChI=1S/C10H9N5O/c11-6-8-2-1-4-12-10(8)13-5-3-9-14-7-16-15-9/h1-2,4,7H,3,5H2,(H,12,13). The number of rotatable bonds is 4. The third-order valence-electron chi connectivity index (χ3n) is 1.98. The number of nitrogens with one attached hydrogen (secondary N) is 1. The number of hydrogen-bond donors (Lipinski definition) is 1. The summed E-state index contributed by atoms with van der Waals surface area (Å²) >= 11 is 0. The van der Waals surface area contributed by atoms with E-state index in [2.05, 4.69) is 31.0 Å². The Balaban J connectivity index is 1.93. The summed E-state index contributed by atoms with van der Waals surface area (Å²) in [7, 11) is 0. The molecule has 0 unspecified atom stereocenters. The molecule has 0 aromatic carbocycles. The lowest BCUT2D eigenvalue weighted by Crippen LogP contribution is -2.08. The van der Waals surface area contributed by atoms with Crippen LogP contribution in [0, 0.1) is 11.3 Å². The molecule has 0 saturated carbocycles. The van der Waals surface area contributed by atoms with Crippen molar-refractivity contribution in [1.82, 2.24) is 15.1 Å². The van der Waals surface area contributed by atoms with Crippen LogP contribution in [0.3, 0.4) is 0 Å². The van der Waals surface area contributed by atoms with Gasteiger partial charge in [0.2, 0.25) is 6.39 Å². The van der Waals surface area contributed by atoms with E-state index in [4.69, 9.17) is 5.26 Å². The number of anilines is 1. The van der Waals surface area contributed by atoms with E-state index in [0.29, 0.717) is 30.2 Å². The first kappa shape index (κ1) is 10.1.